The number of carbonyl (C=O) groups excluding carboxylic acids is 1. The van der Waals surface area contributed by atoms with Crippen LogP contribution < -0.4 is 5.32 Å². The van der Waals surface area contributed by atoms with Crippen LogP contribution in [0.15, 0.2) is 84.7 Å². The molecule has 4 rings (SSSR count). The molecule has 2 aromatic carbocycles. The lowest BCUT2D eigenvalue weighted by Gasteiger charge is -2.09. The minimum atomic E-state index is -0.0982. The van der Waals surface area contributed by atoms with Gasteiger partial charge in [0.05, 0.1) is 5.75 Å². The zero-order valence-corrected chi connectivity index (χ0v) is 16.5. The zero-order valence-electron chi connectivity index (χ0n) is 15.7. The van der Waals surface area contributed by atoms with Gasteiger partial charge >= 0.3 is 0 Å². The second-order valence-corrected chi connectivity index (χ2v) is 7.23. The van der Waals surface area contributed by atoms with Crippen molar-refractivity contribution in [3.05, 3.63) is 79.5 Å². The van der Waals surface area contributed by atoms with Crippen LogP contribution >= 0.6 is 11.8 Å². The second-order valence-electron chi connectivity index (χ2n) is 6.28. The number of benzene rings is 2. The highest BCUT2D eigenvalue weighted by Crippen LogP contribution is 2.25. The zero-order chi connectivity index (χ0) is 20.1. The summed E-state index contributed by atoms with van der Waals surface area (Å²) in [6.45, 7) is 4.34. The fourth-order valence-corrected chi connectivity index (χ4v) is 3.77. The molecule has 0 unspecified atom stereocenters. The Morgan fingerprint density at radius 3 is 2.72 bits per heavy atom. The van der Waals surface area contributed by atoms with E-state index < -0.39 is 0 Å². The lowest BCUT2D eigenvalue weighted by molar-refractivity contribution is -0.113. The molecule has 0 radical (unpaired) electrons. The molecule has 7 heteroatoms. The number of nitrogens with zero attached hydrogens (tertiary/aromatic N) is 4. The van der Waals surface area contributed by atoms with E-state index in [0.717, 1.165) is 22.2 Å². The summed E-state index contributed by atoms with van der Waals surface area (Å²) in [5.74, 6) is 0.780. The van der Waals surface area contributed by atoms with Gasteiger partial charge in [0.15, 0.2) is 11.0 Å². The molecule has 0 aliphatic rings. The monoisotopic (exact) mass is 401 g/mol. The molecule has 6 nitrogen and oxygen atoms in total. The summed E-state index contributed by atoms with van der Waals surface area (Å²) >= 11 is 1.34. The molecule has 1 N–H and O–H groups in total. The van der Waals surface area contributed by atoms with Crippen molar-refractivity contribution in [3.63, 3.8) is 0 Å². The Bertz CT molecular complexity index is 1150. The van der Waals surface area contributed by atoms with Crippen molar-refractivity contribution in [3.8, 4) is 11.5 Å². The van der Waals surface area contributed by atoms with Crippen molar-refractivity contribution >= 4 is 34.1 Å². The highest BCUT2D eigenvalue weighted by atomic mass is 32.2. The van der Waals surface area contributed by atoms with Crippen LogP contribution in [0.4, 0.5) is 5.69 Å². The molecule has 2 heterocycles. The number of hydrogen-bond acceptors (Lipinski definition) is 5. The molecule has 29 heavy (non-hydrogen) atoms. The van der Waals surface area contributed by atoms with Crippen molar-refractivity contribution in [2.24, 2.45) is 0 Å². The molecule has 0 saturated heterocycles. The first-order valence-electron chi connectivity index (χ1n) is 9.12. The Kier molecular flexibility index (Phi) is 5.67. The van der Waals surface area contributed by atoms with E-state index in [2.05, 4.69) is 27.1 Å². The van der Waals surface area contributed by atoms with E-state index in [9.17, 15) is 4.79 Å². The lowest BCUT2D eigenvalue weighted by Crippen LogP contribution is -2.15. The van der Waals surface area contributed by atoms with Crippen LogP contribution in [0.5, 0.6) is 0 Å². The van der Waals surface area contributed by atoms with E-state index in [1.54, 1.807) is 12.3 Å². The minimum Gasteiger partial charge on any atom is -0.325 e. The maximum Gasteiger partial charge on any atom is 0.234 e. The van der Waals surface area contributed by atoms with Crippen LogP contribution in [-0.2, 0) is 11.3 Å². The summed E-state index contributed by atoms with van der Waals surface area (Å²) in [6.07, 6.45) is 3.49. The molecular weight excluding hydrogens is 382 g/mol. The van der Waals surface area contributed by atoms with Gasteiger partial charge in [0.25, 0.3) is 0 Å². The molecule has 4 aromatic rings. The summed E-state index contributed by atoms with van der Waals surface area (Å²) < 4.78 is 1.91. The molecule has 0 aliphatic heterocycles. The Balaban J connectivity index is 1.49. The van der Waals surface area contributed by atoms with Crippen molar-refractivity contribution < 1.29 is 4.79 Å². The first-order chi connectivity index (χ1) is 14.3. The third-order valence-electron chi connectivity index (χ3n) is 4.32. The number of amides is 1. The Labute approximate surface area is 172 Å². The van der Waals surface area contributed by atoms with Crippen LogP contribution in [0.3, 0.4) is 0 Å². The molecular formula is C22H19N5OS. The summed E-state index contributed by atoms with van der Waals surface area (Å²) in [4.78, 5) is 16.9. The van der Waals surface area contributed by atoms with Gasteiger partial charge in [0.1, 0.15) is 5.69 Å². The lowest BCUT2D eigenvalue weighted by atomic mass is 10.1. The van der Waals surface area contributed by atoms with Crippen molar-refractivity contribution in [1.82, 2.24) is 19.7 Å². The SMILES string of the molecule is C=CCn1c(SCC(=O)Nc2cccc3ccccc23)nnc1-c1ccccn1. The molecule has 0 saturated carbocycles. The number of hydrogen-bond donors (Lipinski definition) is 1. The summed E-state index contributed by atoms with van der Waals surface area (Å²) in [7, 11) is 0. The number of allylic oxidation sites excluding steroid dienone is 1. The van der Waals surface area contributed by atoms with Gasteiger partial charge in [-0.2, -0.15) is 0 Å². The first kappa shape index (κ1) is 18.9. The Hall–Kier alpha value is -3.45. The summed E-state index contributed by atoms with van der Waals surface area (Å²) in [6, 6.07) is 19.5. The second kappa shape index (κ2) is 8.70. The normalized spacial score (nSPS) is 10.8. The maximum absolute atomic E-state index is 12.6. The van der Waals surface area contributed by atoms with Crippen LogP contribution in [-0.4, -0.2) is 31.4 Å². The first-order valence-corrected chi connectivity index (χ1v) is 10.1. The van der Waals surface area contributed by atoms with E-state index in [4.69, 9.17) is 0 Å². The quantitative estimate of drug-likeness (QED) is 0.367. The van der Waals surface area contributed by atoms with Gasteiger partial charge in [0, 0.05) is 23.8 Å². The predicted molar refractivity (Wildman–Crippen MR) is 117 cm³/mol. The third-order valence-corrected chi connectivity index (χ3v) is 5.29. The Morgan fingerprint density at radius 1 is 1.07 bits per heavy atom. The number of pyridine rings is 1. The van der Waals surface area contributed by atoms with Crippen LogP contribution in [0, 0.1) is 0 Å². The fraction of sp³-hybridized carbons (Fsp3) is 0.0909. The largest absolute Gasteiger partial charge is 0.325 e. The summed E-state index contributed by atoms with van der Waals surface area (Å²) in [5.41, 5.74) is 1.53. The van der Waals surface area contributed by atoms with Crippen molar-refractivity contribution in [1.29, 1.82) is 0 Å². The molecule has 2 aromatic heterocycles. The van der Waals surface area contributed by atoms with E-state index in [-0.39, 0.29) is 11.7 Å². The van der Waals surface area contributed by atoms with Crippen LogP contribution in [0.25, 0.3) is 22.3 Å². The topological polar surface area (TPSA) is 72.7 Å². The Morgan fingerprint density at radius 2 is 1.90 bits per heavy atom. The molecule has 0 aliphatic carbocycles. The number of aromatic nitrogens is 4. The third kappa shape index (κ3) is 4.20. The number of carbonyl (C=O) groups is 1. The fourth-order valence-electron chi connectivity index (χ4n) is 3.02. The number of thioether (sulfide) groups is 1. The predicted octanol–water partition coefficient (Wildman–Crippen LogP) is 4.41. The van der Waals surface area contributed by atoms with Crippen LogP contribution in [0.1, 0.15) is 0 Å². The van der Waals surface area contributed by atoms with Gasteiger partial charge in [-0.25, -0.2) is 0 Å². The van der Waals surface area contributed by atoms with Gasteiger partial charge in [-0.15, -0.1) is 16.8 Å². The van der Waals surface area contributed by atoms with E-state index in [0.29, 0.717) is 17.5 Å². The number of fused-ring (bicyclic) bond motifs is 1. The summed E-state index contributed by atoms with van der Waals surface area (Å²) in [5, 5.41) is 14.3. The maximum atomic E-state index is 12.6. The molecule has 0 fully saturated rings. The molecule has 144 valence electrons. The molecule has 1 amide bonds. The van der Waals surface area contributed by atoms with Crippen molar-refractivity contribution in [2.75, 3.05) is 11.1 Å². The average Bonchev–Trinajstić information content (AvgIpc) is 3.16. The molecule has 0 atom stereocenters. The average molecular weight is 401 g/mol. The van der Waals surface area contributed by atoms with Crippen molar-refractivity contribution in [2.45, 2.75) is 11.7 Å². The minimum absolute atomic E-state index is 0.0982. The van der Waals surface area contributed by atoms with Gasteiger partial charge in [0.2, 0.25) is 5.91 Å². The van der Waals surface area contributed by atoms with Gasteiger partial charge in [-0.05, 0) is 23.6 Å². The van der Waals surface area contributed by atoms with E-state index >= 15 is 0 Å². The van der Waals surface area contributed by atoms with Gasteiger partial charge in [-0.1, -0.05) is 60.3 Å². The standard InChI is InChI=1S/C22H19N5OS/c1-2-14-27-21(19-11-5-6-13-23-19)25-26-22(27)29-15-20(28)24-18-12-7-9-16-8-3-4-10-17(16)18/h2-13H,1,14-15H2,(H,24,28). The number of anilines is 1. The van der Waals surface area contributed by atoms with Gasteiger partial charge in [-0.3, -0.25) is 14.3 Å². The van der Waals surface area contributed by atoms with Gasteiger partial charge < -0.3 is 5.32 Å². The smallest absolute Gasteiger partial charge is 0.234 e. The number of nitrogens with one attached hydrogen (secondary N) is 1. The van der Waals surface area contributed by atoms with E-state index in [1.807, 2.05) is 65.2 Å². The highest BCUT2D eigenvalue weighted by Gasteiger charge is 2.16. The number of rotatable bonds is 7. The molecule has 0 spiro atoms. The highest BCUT2D eigenvalue weighted by molar-refractivity contribution is 7.99. The molecule has 0 bridgehead atoms. The van der Waals surface area contributed by atoms with E-state index in [1.165, 1.54) is 11.8 Å². The van der Waals surface area contributed by atoms with Crippen LogP contribution in [0.2, 0.25) is 0 Å².